The number of anilines is 1. The number of benzene rings is 4. The van der Waals surface area contributed by atoms with Crippen molar-refractivity contribution in [2.24, 2.45) is 5.92 Å². The number of hydrogen-bond donors (Lipinski definition) is 2. The predicted molar refractivity (Wildman–Crippen MR) is 144 cm³/mol. The van der Waals surface area contributed by atoms with Crippen molar-refractivity contribution in [3.05, 3.63) is 120 Å². The quantitative estimate of drug-likeness (QED) is 0.217. The van der Waals surface area contributed by atoms with Gasteiger partial charge in [-0.2, -0.15) is 8.42 Å². The van der Waals surface area contributed by atoms with E-state index in [0.717, 1.165) is 22.4 Å². The molecule has 0 saturated carbocycles. The maximum absolute atomic E-state index is 13.3. The summed E-state index contributed by atoms with van der Waals surface area (Å²) in [5.74, 6) is -0.450. The predicted octanol–water partition coefficient (Wildman–Crippen LogP) is 5.62. The molecule has 0 radical (unpaired) electrons. The van der Waals surface area contributed by atoms with Crippen molar-refractivity contribution >= 4 is 22.6 Å². The number of amides is 1. The molecule has 1 fully saturated rings. The monoisotopic (exact) mass is 531 g/mol. The molecule has 1 amide bonds. The van der Waals surface area contributed by atoms with Crippen molar-refractivity contribution in [2.75, 3.05) is 4.90 Å². The Morgan fingerprint density at radius 1 is 0.868 bits per heavy atom. The molecule has 0 bridgehead atoms. The highest BCUT2D eigenvalue weighted by Gasteiger charge is 2.48. The summed E-state index contributed by atoms with van der Waals surface area (Å²) in [5, 5.41) is 10.6. The van der Waals surface area contributed by atoms with Crippen molar-refractivity contribution < 1.29 is 26.9 Å². The molecule has 1 N–H and O–H groups in total. The molecule has 194 valence electrons. The molecule has 1 aliphatic heterocycles. The smallest absolute Gasteiger partial charge is 0.299 e. The summed E-state index contributed by atoms with van der Waals surface area (Å²) in [6.45, 7) is 0. The van der Waals surface area contributed by atoms with Crippen LogP contribution in [0.2, 0.25) is 0 Å². The fraction of sp³-hybridized carbons (Fsp3) is 0.167. The fourth-order valence-corrected chi connectivity index (χ4v) is 5.25. The molecule has 8 heteroatoms. The molecule has 1 heterocycles. The lowest BCUT2D eigenvalue weighted by molar-refractivity contribution is -0.131. The van der Waals surface area contributed by atoms with Crippen LogP contribution in [0.3, 0.4) is 0 Å². The van der Waals surface area contributed by atoms with Gasteiger partial charge in [0.05, 0.1) is 18.1 Å². The van der Waals surface area contributed by atoms with Crippen LogP contribution in [-0.2, 0) is 15.8 Å². The second kappa shape index (κ2) is 11.2. The van der Waals surface area contributed by atoms with E-state index in [4.69, 9.17) is 4.18 Å². The van der Waals surface area contributed by atoms with Crippen molar-refractivity contribution in [1.29, 1.82) is 0 Å². The number of thiol groups is 1. The number of halogens is 1. The maximum Gasteiger partial charge on any atom is 0.299 e. The van der Waals surface area contributed by atoms with Gasteiger partial charge >= 0.3 is 0 Å². The summed E-state index contributed by atoms with van der Waals surface area (Å²) in [6, 6.07) is 29.6. The zero-order valence-corrected chi connectivity index (χ0v) is 21.2. The van der Waals surface area contributed by atoms with E-state index >= 15 is 0 Å². The Labute approximate surface area is 222 Å². The maximum atomic E-state index is 13.3. The molecule has 6 nitrogen and oxygen atoms in total. The van der Waals surface area contributed by atoms with E-state index in [-0.39, 0.29) is 29.4 Å². The van der Waals surface area contributed by atoms with Crippen LogP contribution in [0.25, 0.3) is 11.1 Å². The summed E-state index contributed by atoms with van der Waals surface area (Å²) in [6.07, 6.45) is 0.0458. The number of carbonyl (C=O) groups is 1. The molecule has 0 aromatic heterocycles. The van der Waals surface area contributed by atoms with Crippen LogP contribution in [-0.4, -0.2) is 19.4 Å². The van der Waals surface area contributed by atoms with Crippen LogP contribution in [0.5, 0.6) is 5.75 Å². The Morgan fingerprint density at radius 2 is 1.58 bits per heavy atom. The first-order valence-electron chi connectivity index (χ1n) is 12.2. The summed E-state index contributed by atoms with van der Waals surface area (Å²) in [4.78, 5) is 15.1. The van der Waals surface area contributed by atoms with E-state index in [9.17, 15) is 22.7 Å². The first-order valence-corrected chi connectivity index (χ1v) is 13.3. The van der Waals surface area contributed by atoms with Crippen molar-refractivity contribution in [2.45, 2.75) is 25.0 Å². The molecular weight excluding hydrogens is 505 g/mol. The van der Waals surface area contributed by atoms with Gasteiger partial charge in [-0.3, -0.25) is 4.79 Å². The van der Waals surface area contributed by atoms with Crippen LogP contribution in [0.15, 0.2) is 103 Å². The highest BCUT2D eigenvalue weighted by molar-refractivity contribution is 7.67. The number of carbonyl (C=O) groups excluding carboxylic acids is 1. The number of aliphatic hydroxyl groups excluding tert-OH is 1. The van der Waals surface area contributed by atoms with Crippen molar-refractivity contribution in [3.63, 3.8) is 0 Å². The Bertz CT molecular complexity index is 1480. The number of nitrogens with zero attached hydrogens (tertiary/aromatic N) is 1. The van der Waals surface area contributed by atoms with Gasteiger partial charge in [0.15, 0.2) is 0 Å². The second-order valence-corrected chi connectivity index (χ2v) is 9.83. The summed E-state index contributed by atoms with van der Waals surface area (Å²) < 4.78 is 39.9. The molecule has 38 heavy (non-hydrogen) atoms. The van der Waals surface area contributed by atoms with E-state index in [1.807, 2.05) is 60.7 Å². The molecule has 1 aliphatic rings. The molecular formula is C30H26FNO5S. The standard InChI is InChI=1S/C30H26FNO5S/c31-24-15-13-21(14-16-24)28(33)18-17-27-29(32(30(27)34)25-6-2-1-3-7-25)22-11-9-20(10-12-22)23-5-4-8-26(19-23)37-38(35)36/h1-16,19,27-29,33,38H,17-18H2/t27-,28+,29-/m1/s1. The van der Waals surface area contributed by atoms with Crippen LogP contribution in [0, 0.1) is 11.7 Å². The summed E-state index contributed by atoms with van der Waals surface area (Å²) in [7, 11) is -3.00. The first-order chi connectivity index (χ1) is 18.4. The van der Waals surface area contributed by atoms with Crippen LogP contribution in [0.1, 0.15) is 36.1 Å². The second-order valence-electron chi connectivity index (χ2n) is 9.20. The normalized spacial score (nSPS) is 17.8. The van der Waals surface area contributed by atoms with E-state index in [1.54, 1.807) is 35.2 Å². The Morgan fingerprint density at radius 3 is 2.26 bits per heavy atom. The Kier molecular flexibility index (Phi) is 7.53. The minimum atomic E-state index is -3.00. The third-order valence-corrected chi connectivity index (χ3v) is 7.21. The van der Waals surface area contributed by atoms with Gasteiger partial charge in [0.2, 0.25) is 5.91 Å². The van der Waals surface area contributed by atoms with Crippen LogP contribution >= 0.6 is 0 Å². The minimum Gasteiger partial charge on any atom is -0.388 e. The molecule has 4 aromatic rings. The molecule has 1 saturated heterocycles. The molecule has 0 unspecified atom stereocenters. The first kappa shape index (κ1) is 25.6. The average molecular weight is 532 g/mol. The van der Waals surface area contributed by atoms with Gasteiger partial charge in [0, 0.05) is 5.69 Å². The van der Waals surface area contributed by atoms with Gasteiger partial charge in [0.25, 0.3) is 11.0 Å². The number of β-lactam (4-membered cyclic amide) rings is 1. The number of para-hydroxylation sites is 1. The third-order valence-electron chi connectivity index (χ3n) is 6.85. The van der Waals surface area contributed by atoms with Crippen LogP contribution < -0.4 is 9.08 Å². The van der Waals surface area contributed by atoms with E-state index in [2.05, 4.69) is 0 Å². The number of aliphatic hydroxyl groups is 1. The minimum absolute atomic E-state index is 0.00634. The van der Waals surface area contributed by atoms with Crippen molar-refractivity contribution in [1.82, 2.24) is 0 Å². The number of hydrogen-bond acceptors (Lipinski definition) is 5. The lowest BCUT2D eigenvalue weighted by Crippen LogP contribution is -2.55. The summed E-state index contributed by atoms with van der Waals surface area (Å²) >= 11 is 0. The van der Waals surface area contributed by atoms with Gasteiger partial charge in [-0.25, -0.2) is 4.39 Å². The van der Waals surface area contributed by atoms with E-state index < -0.39 is 17.1 Å². The molecule has 0 aliphatic carbocycles. The third kappa shape index (κ3) is 5.46. The average Bonchev–Trinajstić information content (AvgIpc) is 2.92. The molecule has 3 atom stereocenters. The Balaban J connectivity index is 1.38. The van der Waals surface area contributed by atoms with Gasteiger partial charge in [-0.15, -0.1) is 0 Å². The topological polar surface area (TPSA) is 83.9 Å². The van der Waals surface area contributed by atoms with Gasteiger partial charge in [-0.1, -0.05) is 66.7 Å². The lowest BCUT2D eigenvalue weighted by Gasteiger charge is -2.48. The van der Waals surface area contributed by atoms with E-state index in [1.165, 1.54) is 12.1 Å². The molecule has 5 rings (SSSR count). The summed E-state index contributed by atoms with van der Waals surface area (Å²) in [5.41, 5.74) is 4.05. The van der Waals surface area contributed by atoms with Crippen LogP contribution in [0.4, 0.5) is 10.1 Å². The SMILES string of the molecule is O=C1[C@H](CC[C@H](O)c2ccc(F)cc2)[C@@H](c2ccc(-c3cccc(O[SH](=O)=O)c3)cc2)N1c1ccccc1. The largest absolute Gasteiger partial charge is 0.388 e. The zero-order valence-electron chi connectivity index (χ0n) is 20.3. The Hall–Kier alpha value is -4.01. The van der Waals surface area contributed by atoms with Gasteiger partial charge in [0.1, 0.15) is 11.6 Å². The molecule has 0 spiro atoms. The lowest BCUT2D eigenvalue weighted by atomic mass is 9.78. The van der Waals surface area contributed by atoms with Gasteiger partial charge < -0.3 is 14.2 Å². The highest BCUT2D eigenvalue weighted by Crippen LogP contribution is 2.46. The number of rotatable bonds is 9. The zero-order chi connectivity index (χ0) is 26.6. The molecule has 4 aromatic carbocycles. The highest BCUT2D eigenvalue weighted by atomic mass is 32.2. The van der Waals surface area contributed by atoms with E-state index in [0.29, 0.717) is 18.4 Å². The van der Waals surface area contributed by atoms with Crippen molar-refractivity contribution in [3.8, 4) is 16.9 Å². The fourth-order valence-electron chi connectivity index (χ4n) is 4.97. The van der Waals surface area contributed by atoms with Gasteiger partial charge in [-0.05, 0) is 71.5 Å².